The number of ether oxygens (including phenoxy) is 1. The van der Waals surface area contributed by atoms with E-state index < -0.39 is 0 Å². The first kappa shape index (κ1) is 16.3. The molecule has 0 spiro atoms. The van der Waals surface area contributed by atoms with Gasteiger partial charge in [0.05, 0.1) is 0 Å². The first-order valence-electron chi connectivity index (χ1n) is 7.81. The van der Waals surface area contributed by atoms with Gasteiger partial charge in [-0.15, -0.1) is 5.10 Å². The summed E-state index contributed by atoms with van der Waals surface area (Å²) in [4.78, 5) is 17.1. The molecule has 4 rings (SSSR count). The van der Waals surface area contributed by atoms with E-state index in [1.54, 1.807) is 29.0 Å². The molecule has 0 bridgehead atoms. The van der Waals surface area contributed by atoms with Crippen LogP contribution in [0.25, 0.3) is 5.78 Å². The van der Waals surface area contributed by atoms with Gasteiger partial charge in [0.2, 0.25) is 5.95 Å². The predicted molar refractivity (Wildman–Crippen MR) is 99.1 cm³/mol. The third-order valence-corrected chi connectivity index (χ3v) is 4.08. The van der Waals surface area contributed by atoms with Gasteiger partial charge < -0.3 is 10.1 Å². The molecule has 0 saturated heterocycles. The molecule has 0 aliphatic heterocycles. The Morgan fingerprint density at radius 3 is 2.42 bits per heavy atom. The fourth-order valence-corrected chi connectivity index (χ4v) is 2.71. The monoisotopic (exact) mass is 365 g/mol. The van der Waals surface area contributed by atoms with E-state index in [-0.39, 0.29) is 0 Å². The van der Waals surface area contributed by atoms with Crippen molar-refractivity contribution in [2.45, 2.75) is 12.1 Å². The van der Waals surface area contributed by atoms with Crippen LogP contribution in [0.3, 0.4) is 0 Å². The van der Waals surface area contributed by atoms with Crippen LogP contribution < -0.4 is 10.1 Å². The van der Waals surface area contributed by atoms with E-state index in [0.717, 1.165) is 23.0 Å². The van der Waals surface area contributed by atoms with Crippen LogP contribution in [-0.4, -0.2) is 35.8 Å². The van der Waals surface area contributed by atoms with Crippen LogP contribution in [0.4, 0.5) is 11.6 Å². The van der Waals surface area contributed by atoms with Gasteiger partial charge in [-0.05, 0) is 49.6 Å². The Labute approximate surface area is 153 Å². The highest BCUT2D eigenvalue weighted by molar-refractivity contribution is 7.98. The molecule has 8 nitrogen and oxygen atoms in total. The average Bonchev–Trinajstić information content (AvgIpc) is 3.07. The Morgan fingerprint density at radius 2 is 1.69 bits per heavy atom. The van der Waals surface area contributed by atoms with Crippen molar-refractivity contribution in [1.82, 2.24) is 29.5 Å². The Morgan fingerprint density at radius 1 is 0.962 bits per heavy atom. The van der Waals surface area contributed by atoms with Crippen LogP contribution in [0.5, 0.6) is 11.5 Å². The van der Waals surface area contributed by atoms with Crippen molar-refractivity contribution >= 4 is 29.2 Å². The summed E-state index contributed by atoms with van der Waals surface area (Å²) in [5, 5.41) is 8.23. The molecule has 0 saturated carbocycles. The Hall–Kier alpha value is -3.20. The second kappa shape index (κ2) is 6.96. The lowest BCUT2D eigenvalue weighted by atomic mass is 10.3. The molecule has 3 heterocycles. The zero-order valence-corrected chi connectivity index (χ0v) is 14.9. The van der Waals surface area contributed by atoms with Crippen molar-refractivity contribution in [2.24, 2.45) is 0 Å². The number of fused-ring (bicyclic) bond motifs is 1. The van der Waals surface area contributed by atoms with Gasteiger partial charge in [-0.1, -0.05) is 11.8 Å². The number of thioether (sulfide) groups is 1. The maximum Gasteiger partial charge on any atom is 0.258 e. The van der Waals surface area contributed by atoms with E-state index in [1.165, 1.54) is 11.8 Å². The summed E-state index contributed by atoms with van der Waals surface area (Å²) in [5.74, 6) is 3.18. The molecule has 0 unspecified atom stereocenters. The number of nitrogens with one attached hydrogen (secondary N) is 1. The predicted octanol–water partition coefficient (Wildman–Crippen LogP) is 3.48. The van der Waals surface area contributed by atoms with Crippen molar-refractivity contribution in [3.05, 3.63) is 54.6 Å². The SMILES string of the molecule is CSc1nc(C)n2nc(Nc3ccc(Oc4ccncc4)cc3)nc2n1. The van der Waals surface area contributed by atoms with E-state index in [0.29, 0.717) is 16.9 Å². The molecular formula is C17H15N7OS. The molecule has 0 atom stereocenters. The maximum absolute atomic E-state index is 5.75. The van der Waals surface area contributed by atoms with Gasteiger partial charge in [0.1, 0.15) is 17.3 Å². The fraction of sp³-hybridized carbons (Fsp3) is 0.118. The highest BCUT2D eigenvalue weighted by Gasteiger charge is 2.10. The van der Waals surface area contributed by atoms with E-state index in [4.69, 9.17) is 4.74 Å². The number of anilines is 2. The van der Waals surface area contributed by atoms with Crippen molar-refractivity contribution in [1.29, 1.82) is 0 Å². The van der Waals surface area contributed by atoms with Gasteiger partial charge in [-0.25, -0.2) is 4.98 Å². The lowest BCUT2D eigenvalue weighted by Crippen LogP contribution is -2.01. The molecule has 0 radical (unpaired) electrons. The number of nitrogens with zero attached hydrogens (tertiary/aromatic N) is 6. The van der Waals surface area contributed by atoms with Crippen molar-refractivity contribution in [3.63, 3.8) is 0 Å². The van der Waals surface area contributed by atoms with Gasteiger partial charge in [0.15, 0.2) is 5.16 Å². The molecule has 0 amide bonds. The molecular weight excluding hydrogens is 350 g/mol. The summed E-state index contributed by atoms with van der Waals surface area (Å²) >= 11 is 1.47. The van der Waals surface area contributed by atoms with Gasteiger partial charge in [0, 0.05) is 18.1 Å². The highest BCUT2D eigenvalue weighted by atomic mass is 32.2. The second-order valence-electron chi connectivity index (χ2n) is 5.34. The lowest BCUT2D eigenvalue weighted by molar-refractivity contribution is 0.482. The smallest absolute Gasteiger partial charge is 0.258 e. The fourth-order valence-electron chi connectivity index (χ4n) is 2.31. The molecule has 0 fully saturated rings. The molecule has 4 aromatic rings. The zero-order valence-electron chi connectivity index (χ0n) is 14.1. The highest BCUT2D eigenvalue weighted by Crippen LogP contribution is 2.23. The van der Waals surface area contributed by atoms with Crippen LogP contribution in [0, 0.1) is 6.92 Å². The van der Waals surface area contributed by atoms with E-state index in [9.17, 15) is 0 Å². The maximum atomic E-state index is 5.75. The topological polar surface area (TPSA) is 90.1 Å². The summed E-state index contributed by atoms with van der Waals surface area (Å²) in [5.41, 5.74) is 0.846. The molecule has 0 aliphatic carbocycles. The van der Waals surface area contributed by atoms with Gasteiger partial charge in [0.25, 0.3) is 5.78 Å². The van der Waals surface area contributed by atoms with E-state index in [1.807, 2.05) is 37.4 Å². The van der Waals surface area contributed by atoms with Crippen molar-refractivity contribution in [3.8, 4) is 11.5 Å². The van der Waals surface area contributed by atoms with Gasteiger partial charge in [-0.2, -0.15) is 14.5 Å². The number of rotatable bonds is 5. The number of pyridine rings is 1. The second-order valence-corrected chi connectivity index (χ2v) is 6.11. The quantitative estimate of drug-likeness (QED) is 0.538. The first-order valence-corrected chi connectivity index (χ1v) is 9.04. The summed E-state index contributed by atoms with van der Waals surface area (Å²) in [6.07, 6.45) is 5.30. The molecule has 1 aromatic carbocycles. The summed E-state index contributed by atoms with van der Waals surface area (Å²) in [6, 6.07) is 11.1. The van der Waals surface area contributed by atoms with Crippen molar-refractivity contribution in [2.75, 3.05) is 11.6 Å². The van der Waals surface area contributed by atoms with Crippen LogP contribution in [-0.2, 0) is 0 Å². The first-order chi connectivity index (χ1) is 12.7. The third-order valence-electron chi connectivity index (χ3n) is 3.53. The van der Waals surface area contributed by atoms with Crippen LogP contribution >= 0.6 is 11.8 Å². The summed E-state index contributed by atoms with van der Waals surface area (Å²) in [6.45, 7) is 1.87. The third kappa shape index (κ3) is 3.42. The number of hydrogen-bond donors (Lipinski definition) is 1. The minimum absolute atomic E-state index is 0.462. The van der Waals surface area contributed by atoms with E-state index in [2.05, 4.69) is 30.4 Å². The normalized spacial score (nSPS) is 10.8. The molecule has 0 aliphatic rings. The number of hydrogen-bond acceptors (Lipinski definition) is 8. The van der Waals surface area contributed by atoms with Gasteiger partial charge >= 0.3 is 0 Å². The Bertz CT molecular complexity index is 1030. The summed E-state index contributed by atoms with van der Waals surface area (Å²) in [7, 11) is 0. The summed E-state index contributed by atoms with van der Waals surface area (Å²) < 4.78 is 7.36. The number of benzene rings is 1. The standard InChI is InChI=1S/C17H15N7OS/c1-11-19-17(26-2)22-16-21-15(23-24(11)16)20-12-3-5-13(6-4-12)25-14-7-9-18-10-8-14/h3-10H,1-2H3,(H,20,23). The largest absolute Gasteiger partial charge is 0.457 e. The number of aryl methyl sites for hydroxylation is 1. The average molecular weight is 365 g/mol. The molecule has 9 heteroatoms. The molecule has 26 heavy (non-hydrogen) atoms. The Kier molecular flexibility index (Phi) is 4.36. The minimum Gasteiger partial charge on any atom is -0.457 e. The zero-order chi connectivity index (χ0) is 17.9. The van der Waals surface area contributed by atoms with Crippen LogP contribution in [0.1, 0.15) is 5.82 Å². The number of aromatic nitrogens is 6. The van der Waals surface area contributed by atoms with Crippen LogP contribution in [0.15, 0.2) is 53.9 Å². The van der Waals surface area contributed by atoms with Crippen molar-refractivity contribution < 1.29 is 4.74 Å². The van der Waals surface area contributed by atoms with Crippen LogP contribution in [0.2, 0.25) is 0 Å². The molecule has 130 valence electrons. The molecule has 3 aromatic heterocycles. The minimum atomic E-state index is 0.462. The van der Waals surface area contributed by atoms with Gasteiger partial charge in [-0.3, -0.25) is 4.98 Å². The Balaban J connectivity index is 1.52. The van der Waals surface area contributed by atoms with E-state index >= 15 is 0 Å². The lowest BCUT2D eigenvalue weighted by Gasteiger charge is -2.06. The molecule has 1 N–H and O–H groups in total.